The third kappa shape index (κ3) is 4.46. The molecule has 2 aromatic carbocycles. The van der Waals surface area contributed by atoms with Gasteiger partial charge in [-0.2, -0.15) is 0 Å². The zero-order valence-electron chi connectivity index (χ0n) is 14.2. The van der Waals surface area contributed by atoms with Crippen molar-refractivity contribution in [2.75, 3.05) is 5.32 Å². The summed E-state index contributed by atoms with van der Waals surface area (Å²) < 4.78 is 0. The standard InChI is InChI=1S/C20H24N2O/c1-14(2)16-9-7-10-17(13-16)20(4,5)22-19(23)21-18-11-6-8-15(3)12-18/h6-13H,1H2,2-5H3,(H2,21,22,23). The number of hydrogen-bond donors (Lipinski definition) is 2. The van der Waals surface area contributed by atoms with Gasteiger partial charge < -0.3 is 10.6 Å². The largest absolute Gasteiger partial charge is 0.329 e. The maximum atomic E-state index is 12.3. The molecule has 0 heterocycles. The third-order valence-corrected chi connectivity index (χ3v) is 3.78. The Morgan fingerprint density at radius 2 is 1.78 bits per heavy atom. The average Bonchev–Trinajstić information content (AvgIpc) is 2.46. The molecule has 0 fully saturated rings. The van der Waals surface area contributed by atoms with Crippen molar-refractivity contribution in [3.05, 3.63) is 71.8 Å². The molecule has 3 nitrogen and oxygen atoms in total. The molecule has 2 rings (SSSR count). The first-order valence-corrected chi connectivity index (χ1v) is 7.70. The second kappa shape index (κ2) is 6.69. The molecule has 0 saturated heterocycles. The average molecular weight is 308 g/mol. The molecule has 0 unspecified atom stereocenters. The Balaban J connectivity index is 2.12. The summed E-state index contributed by atoms with van der Waals surface area (Å²) >= 11 is 0. The normalized spacial score (nSPS) is 11.0. The molecule has 2 amide bonds. The Bertz CT molecular complexity index is 732. The quantitative estimate of drug-likeness (QED) is 0.812. The minimum atomic E-state index is -0.487. The van der Waals surface area contributed by atoms with Crippen LogP contribution in [-0.4, -0.2) is 6.03 Å². The molecule has 0 aromatic heterocycles. The van der Waals surface area contributed by atoms with E-state index in [1.165, 1.54) is 0 Å². The molecular weight excluding hydrogens is 284 g/mol. The van der Waals surface area contributed by atoms with Crippen LogP contribution in [0.2, 0.25) is 0 Å². The number of anilines is 1. The monoisotopic (exact) mass is 308 g/mol. The van der Waals surface area contributed by atoms with Crippen molar-refractivity contribution in [1.82, 2.24) is 5.32 Å². The number of hydrogen-bond acceptors (Lipinski definition) is 1. The van der Waals surface area contributed by atoms with Gasteiger partial charge in [0.2, 0.25) is 0 Å². The maximum Gasteiger partial charge on any atom is 0.319 e. The summed E-state index contributed by atoms with van der Waals surface area (Å²) in [5, 5.41) is 5.91. The molecule has 3 heteroatoms. The highest BCUT2D eigenvalue weighted by molar-refractivity contribution is 5.89. The molecule has 23 heavy (non-hydrogen) atoms. The summed E-state index contributed by atoms with van der Waals surface area (Å²) in [6.07, 6.45) is 0. The van der Waals surface area contributed by atoms with Crippen molar-refractivity contribution in [3.8, 4) is 0 Å². The van der Waals surface area contributed by atoms with Crippen LogP contribution in [0.3, 0.4) is 0 Å². The Morgan fingerprint density at radius 3 is 2.43 bits per heavy atom. The molecule has 2 N–H and O–H groups in total. The van der Waals surface area contributed by atoms with Crippen LogP contribution in [-0.2, 0) is 5.54 Å². The number of nitrogens with one attached hydrogen (secondary N) is 2. The number of amides is 2. The van der Waals surface area contributed by atoms with E-state index in [4.69, 9.17) is 0 Å². The van der Waals surface area contributed by atoms with E-state index in [9.17, 15) is 4.79 Å². The van der Waals surface area contributed by atoms with E-state index in [0.29, 0.717) is 0 Å². The highest BCUT2D eigenvalue weighted by Gasteiger charge is 2.23. The summed E-state index contributed by atoms with van der Waals surface area (Å²) in [7, 11) is 0. The zero-order valence-corrected chi connectivity index (χ0v) is 14.2. The van der Waals surface area contributed by atoms with Gasteiger partial charge in [-0.25, -0.2) is 4.79 Å². The van der Waals surface area contributed by atoms with Crippen LogP contribution in [0, 0.1) is 6.92 Å². The number of carbonyl (C=O) groups is 1. The van der Waals surface area contributed by atoms with Gasteiger partial charge in [-0.05, 0) is 62.6 Å². The molecule has 0 atom stereocenters. The van der Waals surface area contributed by atoms with Gasteiger partial charge in [0, 0.05) is 5.69 Å². The fourth-order valence-electron chi connectivity index (χ4n) is 2.41. The van der Waals surface area contributed by atoms with E-state index < -0.39 is 5.54 Å². The van der Waals surface area contributed by atoms with E-state index in [-0.39, 0.29) is 6.03 Å². The number of aryl methyl sites for hydroxylation is 1. The van der Waals surface area contributed by atoms with E-state index in [1.807, 2.05) is 70.2 Å². The zero-order chi connectivity index (χ0) is 17.0. The van der Waals surface area contributed by atoms with Crippen LogP contribution in [0.5, 0.6) is 0 Å². The SMILES string of the molecule is C=C(C)c1cccc(C(C)(C)NC(=O)Nc2cccc(C)c2)c1. The van der Waals surface area contributed by atoms with Gasteiger partial charge >= 0.3 is 6.03 Å². The predicted molar refractivity (Wildman–Crippen MR) is 97.5 cm³/mol. The Labute approximate surface area is 138 Å². The topological polar surface area (TPSA) is 41.1 Å². The fourth-order valence-corrected chi connectivity index (χ4v) is 2.41. The highest BCUT2D eigenvalue weighted by Crippen LogP contribution is 2.23. The molecule has 2 aromatic rings. The van der Waals surface area contributed by atoms with Crippen LogP contribution in [0.1, 0.15) is 37.5 Å². The van der Waals surface area contributed by atoms with Crippen molar-refractivity contribution < 1.29 is 4.79 Å². The summed E-state index contributed by atoms with van der Waals surface area (Å²) in [6, 6.07) is 15.6. The number of carbonyl (C=O) groups excluding carboxylic acids is 1. The number of urea groups is 1. The molecule has 0 saturated carbocycles. The van der Waals surface area contributed by atoms with E-state index in [2.05, 4.69) is 23.3 Å². The van der Waals surface area contributed by atoms with Crippen LogP contribution in [0.15, 0.2) is 55.1 Å². The third-order valence-electron chi connectivity index (χ3n) is 3.78. The maximum absolute atomic E-state index is 12.3. The van der Waals surface area contributed by atoms with Gasteiger partial charge in [0.05, 0.1) is 5.54 Å². The van der Waals surface area contributed by atoms with Gasteiger partial charge in [0.25, 0.3) is 0 Å². The second-order valence-corrected chi connectivity index (χ2v) is 6.43. The first-order chi connectivity index (χ1) is 10.8. The van der Waals surface area contributed by atoms with Gasteiger partial charge in [-0.3, -0.25) is 0 Å². The Hall–Kier alpha value is -2.55. The lowest BCUT2D eigenvalue weighted by Crippen LogP contribution is -2.43. The second-order valence-electron chi connectivity index (χ2n) is 6.43. The van der Waals surface area contributed by atoms with Crippen molar-refractivity contribution in [3.63, 3.8) is 0 Å². The molecule has 0 spiro atoms. The van der Waals surface area contributed by atoms with Crippen LogP contribution >= 0.6 is 0 Å². The van der Waals surface area contributed by atoms with Gasteiger partial charge in [-0.15, -0.1) is 0 Å². The first kappa shape index (κ1) is 16.8. The number of rotatable bonds is 4. The Kier molecular flexibility index (Phi) is 4.89. The molecule has 0 radical (unpaired) electrons. The lowest BCUT2D eigenvalue weighted by molar-refractivity contribution is 0.242. The fraction of sp³-hybridized carbons (Fsp3) is 0.250. The van der Waals surface area contributed by atoms with Gasteiger partial charge in [-0.1, -0.05) is 42.5 Å². The summed E-state index contributed by atoms with van der Waals surface area (Å²) in [4.78, 5) is 12.3. The molecule has 0 bridgehead atoms. The van der Waals surface area contributed by atoms with Crippen LogP contribution in [0.25, 0.3) is 5.57 Å². The van der Waals surface area contributed by atoms with Crippen LogP contribution in [0.4, 0.5) is 10.5 Å². The smallest absolute Gasteiger partial charge is 0.319 e. The molecule has 0 aliphatic carbocycles. The summed E-state index contributed by atoms with van der Waals surface area (Å²) in [5.74, 6) is 0. The van der Waals surface area contributed by atoms with Crippen molar-refractivity contribution in [2.45, 2.75) is 33.2 Å². The Morgan fingerprint density at radius 1 is 1.09 bits per heavy atom. The predicted octanol–water partition coefficient (Wildman–Crippen LogP) is 5.08. The number of allylic oxidation sites excluding steroid dienone is 1. The molecule has 0 aliphatic heterocycles. The van der Waals surface area contributed by atoms with E-state index in [1.54, 1.807) is 0 Å². The molecule has 120 valence electrons. The first-order valence-electron chi connectivity index (χ1n) is 7.70. The molecular formula is C20H24N2O. The van der Waals surface area contributed by atoms with Gasteiger partial charge in [0.15, 0.2) is 0 Å². The van der Waals surface area contributed by atoms with E-state index in [0.717, 1.165) is 28.0 Å². The van der Waals surface area contributed by atoms with Crippen molar-refractivity contribution >= 4 is 17.3 Å². The highest BCUT2D eigenvalue weighted by atomic mass is 16.2. The van der Waals surface area contributed by atoms with E-state index >= 15 is 0 Å². The minimum Gasteiger partial charge on any atom is -0.329 e. The lowest BCUT2D eigenvalue weighted by Gasteiger charge is -2.27. The number of benzene rings is 2. The van der Waals surface area contributed by atoms with Crippen molar-refractivity contribution in [2.24, 2.45) is 0 Å². The summed E-state index contributed by atoms with van der Waals surface area (Å²) in [6.45, 7) is 11.9. The molecule has 0 aliphatic rings. The van der Waals surface area contributed by atoms with Crippen LogP contribution < -0.4 is 10.6 Å². The lowest BCUT2D eigenvalue weighted by atomic mass is 9.92. The minimum absolute atomic E-state index is 0.221. The van der Waals surface area contributed by atoms with Crippen molar-refractivity contribution in [1.29, 1.82) is 0 Å². The van der Waals surface area contributed by atoms with Gasteiger partial charge in [0.1, 0.15) is 0 Å². The summed E-state index contributed by atoms with van der Waals surface area (Å²) in [5.41, 5.74) is 4.53.